The SMILES string of the molecule is C=CCOCCOCCC(COC(=O)O)OCC=C. The van der Waals surface area contributed by atoms with Gasteiger partial charge >= 0.3 is 6.16 Å². The van der Waals surface area contributed by atoms with Crippen LogP contribution in [0.4, 0.5) is 4.79 Å². The molecule has 0 saturated heterocycles. The smallest absolute Gasteiger partial charge is 0.450 e. The number of hydrogen-bond donors (Lipinski definition) is 1. The van der Waals surface area contributed by atoms with Gasteiger partial charge in [0, 0.05) is 13.0 Å². The van der Waals surface area contributed by atoms with Gasteiger partial charge in [-0.15, -0.1) is 13.2 Å². The lowest BCUT2D eigenvalue weighted by Crippen LogP contribution is -2.24. The summed E-state index contributed by atoms with van der Waals surface area (Å²) in [7, 11) is 0. The third-order valence-corrected chi connectivity index (χ3v) is 2.03. The van der Waals surface area contributed by atoms with Crippen LogP contribution in [-0.4, -0.2) is 57.0 Å². The molecule has 0 aliphatic heterocycles. The predicted molar refractivity (Wildman–Crippen MR) is 70.4 cm³/mol. The van der Waals surface area contributed by atoms with Crippen LogP contribution >= 0.6 is 0 Å². The lowest BCUT2D eigenvalue weighted by Gasteiger charge is -2.16. The zero-order valence-corrected chi connectivity index (χ0v) is 11.1. The molecule has 0 saturated carbocycles. The average Bonchev–Trinajstić information content (AvgIpc) is 2.39. The first kappa shape index (κ1) is 17.6. The maximum absolute atomic E-state index is 10.3. The van der Waals surface area contributed by atoms with Gasteiger partial charge in [0.15, 0.2) is 0 Å². The van der Waals surface area contributed by atoms with E-state index in [1.54, 1.807) is 12.2 Å². The van der Waals surface area contributed by atoms with Crippen molar-refractivity contribution in [2.75, 3.05) is 39.6 Å². The van der Waals surface area contributed by atoms with Crippen molar-refractivity contribution in [1.29, 1.82) is 0 Å². The van der Waals surface area contributed by atoms with Crippen LogP contribution in [0.1, 0.15) is 6.42 Å². The molecule has 0 aromatic carbocycles. The van der Waals surface area contributed by atoms with Crippen LogP contribution in [0.5, 0.6) is 0 Å². The first-order valence-electron chi connectivity index (χ1n) is 6.05. The molecule has 110 valence electrons. The molecule has 0 amide bonds. The van der Waals surface area contributed by atoms with Gasteiger partial charge in [-0.1, -0.05) is 12.2 Å². The maximum Gasteiger partial charge on any atom is 0.505 e. The molecule has 0 aromatic rings. The number of hydrogen-bond acceptors (Lipinski definition) is 5. The van der Waals surface area contributed by atoms with Crippen molar-refractivity contribution < 1.29 is 28.8 Å². The quantitative estimate of drug-likeness (QED) is 0.314. The molecule has 1 unspecified atom stereocenters. The lowest BCUT2D eigenvalue weighted by atomic mass is 10.3. The molecular formula is C13H22O6. The molecule has 6 nitrogen and oxygen atoms in total. The van der Waals surface area contributed by atoms with Crippen LogP contribution in [0.15, 0.2) is 25.3 Å². The van der Waals surface area contributed by atoms with Crippen LogP contribution in [0.3, 0.4) is 0 Å². The van der Waals surface area contributed by atoms with Crippen molar-refractivity contribution in [3.05, 3.63) is 25.3 Å². The molecule has 0 bridgehead atoms. The highest BCUT2D eigenvalue weighted by atomic mass is 16.7. The zero-order chi connectivity index (χ0) is 14.3. The fourth-order valence-corrected chi connectivity index (χ4v) is 1.18. The number of ether oxygens (including phenoxy) is 4. The Balaban J connectivity index is 3.63. The van der Waals surface area contributed by atoms with Gasteiger partial charge in [-0.25, -0.2) is 4.79 Å². The molecule has 0 aliphatic carbocycles. The second-order valence-corrected chi connectivity index (χ2v) is 3.59. The normalized spacial score (nSPS) is 11.8. The Labute approximate surface area is 113 Å². The molecule has 6 heteroatoms. The molecule has 1 atom stereocenters. The summed E-state index contributed by atoms with van der Waals surface area (Å²) in [6.45, 7) is 9.30. The lowest BCUT2D eigenvalue weighted by molar-refractivity contribution is -0.0194. The van der Waals surface area contributed by atoms with Crippen LogP contribution in [0.2, 0.25) is 0 Å². The zero-order valence-electron chi connectivity index (χ0n) is 11.1. The second-order valence-electron chi connectivity index (χ2n) is 3.59. The van der Waals surface area contributed by atoms with Gasteiger partial charge in [0.1, 0.15) is 6.61 Å². The van der Waals surface area contributed by atoms with Crippen molar-refractivity contribution in [3.8, 4) is 0 Å². The molecule has 1 N–H and O–H groups in total. The fraction of sp³-hybridized carbons (Fsp3) is 0.615. The monoisotopic (exact) mass is 274 g/mol. The van der Waals surface area contributed by atoms with Gasteiger partial charge in [0.05, 0.1) is 32.5 Å². The van der Waals surface area contributed by atoms with Crippen molar-refractivity contribution >= 4 is 6.16 Å². The van der Waals surface area contributed by atoms with E-state index in [-0.39, 0.29) is 12.7 Å². The summed E-state index contributed by atoms with van der Waals surface area (Å²) in [5, 5.41) is 8.43. The number of carboxylic acid groups (broad SMARTS) is 1. The third kappa shape index (κ3) is 12.9. The van der Waals surface area contributed by atoms with E-state index >= 15 is 0 Å². The maximum atomic E-state index is 10.3. The highest BCUT2D eigenvalue weighted by Crippen LogP contribution is 2.01. The van der Waals surface area contributed by atoms with Crippen LogP contribution in [0, 0.1) is 0 Å². The highest BCUT2D eigenvalue weighted by Gasteiger charge is 2.11. The van der Waals surface area contributed by atoms with Crippen LogP contribution < -0.4 is 0 Å². The van der Waals surface area contributed by atoms with Gasteiger partial charge in [0.25, 0.3) is 0 Å². The highest BCUT2D eigenvalue weighted by molar-refractivity contribution is 5.56. The Hall–Kier alpha value is -1.37. The first-order chi connectivity index (χ1) is 9.20. The summed E-state index contributed by atoms with van der Waals surface area (Å²) in [4.78, 5) is 10.3. The Morgan fingerprint density at radius 1 is 1.11 bits per heavy atom. The number of carbonyl (C=O) groups is 1. The van der Waals surface area contributed by atoms with Crippen LogP contribution in [-0.2, 0) is 18.9 Å². The minimum absolute atomic E-state index is 0.0144. The summed E-state index contributed by atoms with van der Waals surface area (Å²) in [6.07, 6.45) is 2.16. The molecule has 0 radical (unpaired) electrons. The van der Waals surface area contributed by atoms with Crippen molar-refractivity contribution in [2.45, 2.75) is 12.5 Å². The molecule has 0 heterocycles. The molecule has 0 rings (SSSR count). The van der Waals surface area contributed by atoms with E-state index in [0.29, 0.717) is 39.5 Å². The molecule has 0 fully saturated rings. The van der Waals surface area contributed by atoms with Crippen LogP contribution in [0.25, 0.3) is 0 Å². The van der Waals surface area contributed by atoms with Gasteiger partial charge in [-0.2, -0.15) is 0 Å². The average molecular weight is 274 g/mol. The van der Waals surface area contributed by atoms with Gasteiger partial charge in [0.2, 0.25) is 0 Å². The summed E-state index contributed by atoms with van der Waals surface area (Å²) in [5.41, 5.74) is 0. The van der Waals surface area contributed by atoms with Gasteiger partial charge in [-0.3, -0.25) is 0 Å². The van der Waals surface area contributed by atoms with E-state index in [4.69, 9.17) is 19.3 Å². The Kier molecular flexibility index (Phi) is 12.1. The summed E-state index contributed by atoms with van der Waals surface area (Å²) in [5.74, 6) is 0. The van der Waals surface area contributed by atoms with E-state index in [2.05, 4.69) is 17.9 Å². The Morgan fingerprint density at radius 2 is 1.79 bits per heavy atom. The largest absolute Gasteiger partial charge is 0.505 e. The molecular weight excluding hydrogens is 252 g/mol. The third-order valence-electron chi connectivity index (χ3n) is 2.03. The van der Waals surface area contributed by atoms with Crippen molar-refractivity contribution in [1.82, 2.24) is 0 Å². The van der Waals surface area contributed by atoms with Gasteiger partial charge in [-0.05, 0) is 0 Å². The standard InChI is InChI=1S/C13H22O6/c1-3-6-16-9-10-17-8-5-12(18-7-4-2)11-19-13(14)15/h3-4,12H,1-2,5-11H2,(H,14,15). The predicted octanol–water partition coefficient (Wildman–Crippen LogP) is 1.86. The molecule has 0 aliphatic rings. The van der Waals surface area contributed by atoms with E-state index in [0.717, 1.165) is 0 Å². The van der Waals surface area contributed by atoms with Crippen molar-refractivity contribution in [3.63, 3.8) is 0 Å². The summed E-state index contributed by atoms with van der Waals surface area (Å²) >= 11 is 0. The van der Waals surface area contributed by atoms with Gasteiger partial charge < -0.3 is 24.1 Å². The Morgan fingerprint density at radius 3 is 2.42 bits per heavy atom. The van der Waals surface area contributed by atoms with Crippen molar-refractivity contribution in [2.24, 2.45) is 0 Å². The summed E-state index contributed by atoms with van der Waals surface area (Å²) < 4.78 is 20.3. The topological polar surface area (TPSA) is 74.2 Å². The van der Waals surface area contributed by atoms with E-state index < -0.39 is 6.16 Å². The second kappa shape index (κ2) is 13.1. The van der Waals surface area contributed by atoms with E-state index in [9.17, 15) is 4.79 Å². The minimum atomic E-state index is -1.31. The summed E-state index contributed by atoms with van der Waals surface area (Å²) in [6, 6.07) is 0. The Bertz CT molecular complexity index is 254. The molecule has 0 spiro atoms. The fourth-order valence-electron chi connectivity index (χ4n) is 1.18. The number of rotatable bonds is 13. The molecule has 19 heavy (non-hydrogen) atoms. The first-order valence-corrected chi connectivity index (χ1v) is 6.05. The minimum Gasteiger partial charge on any atom is -0.450 e. The van der Waals surface area contributed by atoms with E-state index in [1.807, 2.05) is 0 Å². The van der Waals surface area contributed by atoms with E-state index in [1.165, 1.54) is 0 Å². The molecule has 0 aromatic heterocycles.